The summed E-state index contributed by atoms with van der Waals surface area (Å²) in [6, 6.07) is 0. The van der Waals surface area contributed by atoms with Crippen molar-refractivity contribution in [1.82, 2.24) is 0 Å². The Balaban J connectivity index is 3.23. The van der Waals surface area contributed by atoms with Crippen LogP contribution in [0.5, 0.6) is 0 Å². The number of unbranched alkanes of at least 4 members (excludes halogenated alkanes) is 5. The third-order valence-corrected chi connectivity index (χ3v) is 2.12. The summed E-state index contributed by atoms with van der Waals surface area (Å²) in [6.45, 7) is 0.200. The van der Waals surface area contributed by atoms with Crippen molar-refractivity contribution in [3.05, 3.63) is 12.2 Å². The van der Waals surface area contributed by atoms with Gasteiger partial charge in [0, 0.05) is 12.7 Å². The van der Waals surface area contributed by atoms with Gasteiger partial charge in [0.2, 0.25) is 0 Å². The second-order valence-electron chi connectivity index (χ2n) is 3.57. The van der Waals surface area contributed by atoms with Crippen LogP contribution in [0.4, 0.5) is 0 Å². The zero-order valence-electron chi connectivity index (χ0n) is 9.73. The lowest BCUT2D eigenvalue weighted by atomic mass is 10.1. The molecule has 0 amide bonds. The van der Waals surface area contributed by atoms with Crippen molar-refractivity contribution >= 4 is 5.97 Å². The summed E-state index contributed by atoms with van der Waals surface area (Å²) in [4.78, 5) is 10.9. The first-order valence-corrected chi connectivity index (χ1v) is 5.86. The lowest BCUT2D eigenvalue weighted by Gasteiger charge is -1.98. The minimum atomic E-state index is -0.394. The average Bonchev–Trinajstić information content (AvgIpc) is 2.30. The van der Waals surface area contributed by atoms with E-state index < -0.39 is 5.97 Å². The molecular weight excluding hydrogens is 208 g/mol. The average molecular weight is 230 g/mol. The Hall–Kier alpha value is -0.870. The highest BCUT2D eigenvalue weighted by Crippen LogP contribution is 2.05. The highest BCUT2D eigenvalue weighted by Gasteiger charge is 1.94. The molecule has 4 heteroatoms. The van der Waals surface area contributed by atoms with E-state index >= 15 is 0 Å². The first-order chi connectivity index (χ1) is 7.81. The van der Waals surface area contributed by atoms with E-state index in [0.717, 1.165) is 38.5 Å². The van der Waals surface area contributed by atoms with Gasteiger partial charge in [0.1, 0.15) is 6.61 Å². The molecule has 0 aromatic heterocycles. The third-order valence-electron chi connectivity index (χ3n) is 2.12. The zero-order valence-corrected chi connectivity index (χ0v) is 9.73. The summed E-state index contributed by atoms with van der Waals surface area (Å²) in [7, 11) is 0. The van der Waals surface area contributed by atoms with Crippen LogP contribution in [0.15, 0.2) is 12.2 Å². The summed E-state index contributed by atoms with van der Waals surface area (Å²) in [5.41, 5.74) is 0. The molecule has 0 rings (SSSR count). The number of ether oxygens (including phenoxy) is 1. The molecule has 0 aliphatic rings. The maximum absolute atomic E-state index is 10.9. The first kappa shape index (κ1) is 15.1. The van der Waals surface area contributed by atoms with E-state index in [1.165, 1.54) is 6.08 Å². The van der Waals surface area contributed by atoms with Gasteiger partial charge >= 0.3 is 5.97 Å². The van der Waals surface area contributed by atoms with Gasteiger partial charge in [-0.2, -0.15) is 0 Å². The van der Waals surface area contributed by atoms with Gasteiger partial charge in [0.15, 0.2) is 0 Å². The topological polar surface area (TPSA) is 66.8 Å². The Bertz CT molecular complexity index is 189. The molecule has 0 aliphatic carbocycles. The number of carbonyl (C=O) groups excluding carboxylic acids is 1. The molecule has 0 saturated carbocycles. The van der Waals surface area contributed by atoms with Crippen molar-refractivity contribution in [2.24, 2.45) is 0 Å². The van der Waals surface area contributed by atoms with Gasteiger partial charge in [-0.25, -0.2) is 4.79 Å². The molecule has 0 aromatic rings. The Morgan fingerprint density at radius 1 is 1.00 bits per heavy atom. The third kappa shape index (κ3) is 11.2. The van der Waals surface area contributed by atoms with Crippen molar-refractivity contribution in [2.45, 2.75) is 38.5 Å². The van der Waals surface area contributed by atoms with E-state index in [9.17, 15) is 4.79 Å². The molecule has 16 heavy (non-hydrogen) atoms. The number of allylic oxidation sites excluding steroid dienone is 1. The Labute approximate surface area is 96.9 Å². The van der Waals surface area contributed by atoms with Crippen LogP contribution in [0.2, 0.25) is 0 Å². The van der Waals surface area contributed by atoms with Gasteiger partial charge in [-0.1, -0.05) is 25.3 Å². The van der Waals surface area contributed by atoms with E-state index in [1.807, 2.05) is 0 Å². The van der Waals surface area contributed by atoms with Gasteiger partial charge in [-0.15, -0.1) is 0 Å². The van der Waals surface area contributed by atoms with Crippen LogP contribution < -0.4 is 0 Å². The fraction of sp³-hybridized carbons (Fsp3) is 0.750. The first-order valence-electron chi connectivity index (χ1n) is 5.86. The highest BCUT2D eigenvalue weighted by molar-refractivity contribution is 5.81. The molecule has 0 saturated heterocycles. The Morgan fingerprint density at radius 2 is 1.69 bits per heavy atom. The molecule has 0 bridgehead atoms. The van der Waals surface area contributed by atoms with Gasteiger partial charge in [0.05, 0.1) is 6.61 Å². The number of hydrogen-bond donors (Lipinski definition) is 2. The monoisotopic (exact) mass is 230 g/mol. The SMILES string of the molecule is O=C(/C=C/CCCCCCCO)OCCO. The summed E-state index contributed by atoms with van der Waals surface area (Å²) in [5, 5.41) is 17.0. The molecule has 0 atom stereocenters. The number of carbonyl (C=O) groups is 1. The van der Waals surface area contributed by atoms with Crippen LogP contribution in [-0.4, -0.2) is 36.0 Å². The van der Waals surface area contributed by atoms with Crippen LogP contribution in [0.25, 0.3) is 0 Å². The number of aliphatic hydroxyl groups is 2. The number of esters is 1. The van der Waals surface area contributed by atoms with Crippen LogP contribution in [0.3, 0.4) is 0 Å². The smallest absolute Gasteiger partial charge is 0.330 e. The number of hydrogen-bond acceptors (Lipinski definition) is 4. The molecule has 4 nitrogen and oxygen atoms in total. The summed E-state index contributed by atoms with van der Waals surface area (Å²) >= 11 is 0. The molecule has 2 N–H and O–H groups in total. The van der Waals surface area contributed by atoms with Crippen LogP contribution >= 0.6 is 0 Å². The van der Waals surface area contributed by atoms with Crippen molar-refractivity contribution in [2.75, 3.05) is 19.8 Å². The lowest BCUT2D eigenvalue weighted by molar-refractivity contribution is -0.138. The molecule has 0 aliphatic heterocycles. The number of aliphatic hydroxyl groups excluding tert-OH is 2. The van der Waals surface area contributed by atoms with Gasteiger partial charge in [-0.3, -0.25) is 0 Å². The largest absolute Gasteiger partial charge is 0.460 e. The molecule has 0 aromatic carbocycles. The maximum Gasteiger partial charge on any atom is 0.330 e. The maximum atomic E-state index is 10.9. The molecular formula is C12H22O4. The van der Waals surface area contributed by atoms with E-state index in [0.29, 0.717) is 0 Å². The normalized spacial score (nSPS) is 10.9. The van der Waals surface area contributed by atoms with Crippen molar-refractivity contribution in [1.29, 1.82) is 0 Å². The molecule has 0 unspecified atom stereocenters. The Kier molecular flexibility index (Phi) is 11.5. The van der Waals surface area contributed by atoms with Gasteiger partial charge in [0.25, 0.3) is 0 Å². The fourth-order valence-electron chi connectivity index (χ4n) is 1.28. The van der Waals surface area contributed by atoms with Gasteiger partial charge < -0.3 is 14.9 Å². The Morgan fingerprint density at radius 3 is 2.38 bits per heavy atom. The molecule has 0 spiro atoms. The van der Waals surface area contributed by atoms with Crippen molar-refractivity contribution in [3.8, 4) is 0 Å². The quantitative estimate of drug-likeness (QED) is 0.338. The van der Waals surface area contributed by atoms with E-state index in [2.05, 4.69) is 4.74 Å². The predicted molar refractivity (Wildman–Crippen MR) is 62.0 cm³/mol. The second kappa shape index (κ2) is 12.2. The van der Waals surface area contributed by atoms with E-state index in [4.69, 9.17) is 10.2 Å². The summed E-state index contributed by atoms with van der Waals surface area (Å²) in [6.07, 6.45) is 9.32. The van der Waals surface area contributed by atoms with Crippen molar-refractivity contribution in [3.63, 3.8) is 0 Å². The van der Waals surface area contributed by atoms with E-state index in [1.54, 1.807) is 6.08 Å². The highest BCUT2D eigenvalue weighted by atomic mass is 16.5. The van der Waals surface area contributed by atoms with Crippen LogP contribution in [-0.2, 0) is 9.53 Å². The summed E-state index contributed by atoms with van der Waals surface area (Å²) < 4.78 is 4.65. The number of rotatable bonds is 10. The van der Waals surface area contributed by atoms with Gasteiger partial charge in [-0.05, 0) is 19.3 Å². The van der Waals surface area contributed by atoms with E-state index in [-0.39, 0.29) is 19.8 Å². The minimum absolute atomic E-state index is 0.0599. The molecule has 0 fully saturated rings. The standard InChI is InChI=1S/C12H22O4/c13-9-7-5-3-1-2-4-6-8-12(15)16-11-10-14/h6,8,13-14H,1-5,7,9-11H2/b8-6+. The summed E-state index contributed by atoms with van der Waals surface area (Å²) in [5.74, 6) is -0.394. The second-order valence-corrected chi connectivity index (χ2v) is 3.57. The van der Waals surface area contributed by atoms with Crippen molar-refractivity contribution < 1.29 is 19.7 Å². The predicted octanol–water partition coefficient (Wildman–Crippen LogP) is 1.41. The molecule has 0 radical (unpaired) electrons. The van der Waals surface area contributed by atoms with Crippen LogP contribution in [0.1, 0.15) is 38.5 Å². The molecule has 0 heterocycles. The zero-order chi connectivity index (χ0) is 12.1. The lowest BCUT2D eigenvalue weighted by Crippen LogP contribution is -2.04. The molecule has 94 valence electrons. The minimum Gasteiger partial charge on any atom is -0.460 e. The fourth-order valence-corrected chi connectivity index (χ4v) is 1.28. The van der Waals surface area contributed by atoms with Crippen LogP contribution in [0, 0.1) is 0 Å².